The lowest BCUT2D eigenvalue weighted by molar-refractivity contribution is -0.117. The van der Waals surface area contributed by atoms with Gasteiger partial charge in [-0.15, -0.1) is 11.6 Å². The molecule has 1 aromatic carbocycles. The third kappa shape index (κ3) is 3.95. The van der Waals surface area contributed by atoms with Gasteiger partial charge >= 0.3 is 0 Å². The van der Waals surface area contributed by atoms with E-state index in [1.165, 1.54) is 0 Å². The van der Waals surface area contributed by atoms with Crippen LogP contribution in [-0.4, -0.2) is 16.9 Å². The average molecular weight is 285 g/mol. The Morgan fingerprint density at radius 3 is 2.50 bits per heavy atom. The Bertz CT molecular complexity index is 504. The highest BCUT2D eigenvalue weighted by Gasteiger charge is 2.13. The van der Waals surface area contributed by atoms with Crippen molar-refractivity contribution in [2.75, 3.05) is 5.88 Å². The topological polar surface area (TPSA) is 73.1 Å². The standard InChI is InChI=1S/C12H10Cl2N2O2/c13-5-11(17)10(6-15)12(18)16-7-8-1-3-9(14)4-2-8/h1-4,17H,5,7H2,(H,16,18). The van der Waals surface area contributed by atoms with Crippen LogP contribution in [0, 0.1) is 11.3 Å². The number of aliphatic hydroxyl groups excluding tert-OH is 1. The number of halogens is 2. The summed E-state index contributed by atoms with van der Waals surface area (Å²) >= 11 is 11.1. The molecular formula is C12H10Cl2N2O2. The SMILES string of the molecule is N#CC(C(=O)NCc1ccc(Cl)cc1)=C(O)CCl. The minimum absolute atomic E-state index is 0.233. The highest BCUT2D eigenvalue weighted by Crippen LogP contribution is 2.09. The molecule has 1 aromatic rings. The molecule has 0 heterocycles. The third-order valence-corrected chi connectivity index (χ3v) is 2.63. The summed E-state index contributed by atoms with van der Waals surface area (Å²) in [7, 11) is 0. The number of nitriles is 1. The maximum atomic E-state index is 11.6. The summed E-state index contributed by atoms with van der Waals surface area (Å²) in [6.45, 7) is 0.233. The van der Waals surface area contributed by atoms with E-state index < -0.39 is 11.7 Å². The van der Waals surface area contributed by atoms with Crippen LogP contribution in [0.2, 0.25) is 5.02 Å². The van der Waals surface area contributed by atoms with Crippen molar-refractivity contribution < 1.29 is 9.90 Å². The van der Waals surface area contributed by atoms with Gasteiger partial charge in [-0.25, -0.2) is 0 Å². The number of allylic oxidation sites excluding steroid dienone is 1. The van der Waals surface area contributed by atoms with Crippen molar-refractivity contribution in [1.82, 2.24) is 5.32 Å². The van der Waals surface area contributed by atoms with E-state index in [-0.39, 0.29) is 18.0 Å². The monoisotopic (exact) mass is 284 g/mol. The van der Waals surface area contributed by atoms with Crippen LogP contribution in [0.1, 0.15) is 5.56 Å². The average Bonchev–Trinajstić information content (AvgIpc) is 2.38. The number of carbonyl (C=O) groups excluding carboxylic acids is 1. The van der Waals surface area contributed by atoms with E-state index in [1.807, 2.05) is 0 Å². The van der Waals surface area contributed by atoms with Gasteiger partial charge in [-0.1, -0.05) is 23.7 Å². The fourth-order valence-electron chi connectivity index (χ4n) is 1.19. The Kier molecular flexibility index (Phi) is 5.50. The number of aliphatic hydroxyl groups is 1. The lowest BCUT2D eigenvalue weighted by Gasteiger charge is -2.05. The molecule has 0 fully saturated rings. The summed E-state index contributed by atoms with van der Waals surface area (Å²) in [6, 6.07) is 8.50. The van der Waals surface area contributed by atoms with Crippen molar-refractivity contribution in [2.24, 2.45) is 0 Å². The summed E-state index contributed by atoms with van der Waals surface area (Å²) in [4.78, 5) is 11.6. The normalized spacial score (nSPS) is 11.4. The van der Waals surface area contributed by atoms with Gasteiger partial charge in [-0.2, -0.15) is 5.26 Å². The first-order valence-electron chi connectivity index (χ1n) is 4.99. The fraction of sp³-hybridized carbons (Fsp3) is 0.167. The minimum Gasteiger partial charge on any atom is -0.509 e. The van der Waals surface area contributed by atoms with Crippen LogP contribution in [0.3, 0.4) is 0 Å². The Hall–Kier alpha value is -1.70. The highest BCUT2D eigenvalue weighted by molar-refractivity contribution is 6.30. The third-order valence-electron chi connectivity index (χ3n) is 2.12. The van der Waals surface area contributed by atoms with Crippen LogP contribution in [0.25, 0.3) is 0 Å². The van der Waals surface area contributed by atoms with Crippen molar-refractivity contribution in [3.63, 3.8) is 0 Å². The highest BCUT2D eigenvalue weighted by atomic mass is 35.5. The molecule has 18 heavy (non-hydrogen) atoms. The molecule has 94 valence electrons. The molecule has 1 rings (SSSR count). The van der Waals surface area contributed by atoms with Crippen LogP contribution < -0.4 is 5.32 Å². The molecule has 0 unspecified atom stereocenters. The van der Waals surface area contributed by atoms with E-state index in [2.05, 4.69) is 5.32 Å². The van der Waals surface area contributed by atoms with Crippen molar-refractivity contribution in [3.05, 3.63) is 46.2 Å². The van der Waals surface area contributed by atoms with Gasteiger partial charge in [-0.05, 0) is 17.7 Å². The number of hydrogen-bond acceptors (Lipinski definition) is 3. The number of benzene rings is 1. The van der Waals surface area contributed by atoms with Gasteiger partial charge in [0.15, 0.2) is 5.57 Å². The summed E-state index contributed by atoms with van der Waals surface area (Å²) in [6.07, 6.45) is 0. The molecule has 0 saturated carbocycles. The Balaban J connectivity index is 2.67. The molecule has 6 heteroatoms. The van der Waals surface area contributed by atoms with Gasteiger partial charge in [0.25, 0.3) is 5.91 Å². The van der Waals surface area contributed by atoms with Gasteiger partial charge in [0.2, 0.25) is 0 Å². The number of amides is 1. The summed E-state index contributed by atoms with van der Waals surface area (Å²) in [5.74, 6) is -1.38. The molecule has 0 aromatic heterocycles. The molecule has 1 amide bonds. The van der Waals surface area contributed by atoms with Crippen LogP contribution >= 0.6 is 23.2 Å². The van der Waals surface area contributed by atoms with Gasteiger partial charge in [0, 0.05) is 11.6 Å². The number of alkyl halides is 1. The molecule has 0 radical (unpaired) electrons. The number of hydrogen-bond donors (Lipinski definition) is 2. The molecule has 0 aliphatic carbocycles. The van der Waals surface area contributed by atoms with Gasteiger partial charge < -0.3 is 10.4 Å². The fourth-order valence-corrected chi connectivity index (χ4v) is 1.45. The van der Waals surface area contributed by atoms with Gasteiger partial charge in [-0.3, -0.25) is 4.79 Å². The van der Waals surface area contributed by atoms with Gasteiger partial charge in [0.1, 0.15) is 11.8 Å². The van der Waals surface area contributed by atoms with Crippen LogP contribution in [0.5, 0.6) is 0 Å². The maximum absolute atomic E-state index is 11.6. The molecule has 0 spiro atoms. The Morgan fingerprint density at radius 2 is 2.00 bits per heavy atom. The molecule has 4 nitrogen and oxygen atoms in total. The quantitative estimate of drug-likeness (QED) is 0.386. The number of nitrogens with zero attached hydrogens (tertiary/aromatic N) is 1. The Morgan fingerprint density at radius 1 is 1.39 bits per heavy atom. The summed E-state index contributed by atoms with van der Waals surface area (Å²) < 4.78 is 0. The molecule has 0 aliphatic heterocycles. The Labute approximate surface area is 114 Å². The number of rotatable bonds is 4. The summed E-state index contributed by atoms with van der Waals surface area (Å²) in [5, 5.41) is 21.1. The van der Waals surface area contributed by atoms with Crippen molar-refractivity contribution in [2.45, 2.75) is 6.54 Å². The lowest BCUT2D eigenvalue weighted by atomic mass is 10.2. The molecule has 0 saturated heterocycles. The van der Waals surface area contributed by atoms with E-state index >= 15 is 0 Å². The summed E-state index contributed by atoms with van der Waals surface area (Å²) in [5.41, 5.74) is 0.453. The largest absolute Gasteiger partial charge is 0.509 e. The van der Waals surface area contributed by atoms with Crippen molar-refractivity contribution in [1.29, 1.82) is 5.26 Å². The number of nitrogens with one attached hydrogen (secondary N) is 1. The first-order valence-corrected chi connectivity index (χ1v) is 5.90. The second-order valence-electron chi connectivity index (χ2n) is 3.38. The molecule has 2 N–H and O–H groups in total. The zero-order valence-electron chi connectivity index (χ0n) is 9.28. The lowest BCUT2D eigenvalue weighted by Crippen LogP contribution is -2.25. The van der Waals surface area contributed by atoms with E-state index in [0.717, 1.165) is 5.56 Å². The molecule has 0 atom stereocenters. The number of carbonyl (C=O) groups is 1. The first kappa shape index (κ1) is 14.4. The zero-order chi connectivity index (χ0) is 13.5. The molecule has 0 bridgehead atoms. The van der Waals surface area contributed by atoms with E-state index in [0.29, 0.717) is 5.02 Å². The van der Waals surface area contributed by atoms with E-state index in [1.54, 1.807) is 30.3 Å². The van der Waals surface area contributed by atoms with Crippen LogP contribution in [-0.2, 0) is 11.3 Å². The molecular weight excluding hydrogens is 275 g/mol. The van der Waals surface area contributed by atoms with Crippen molar-refractivity contribution >= 4 is 29.1 Å². The maximum Gasteiger partial charge on any atom is 0.265 e. The second-order valence-corrected chi connectivity index (χ2v) is 4.08. The first-order chi connectivity index (χ1) is 8.58. The molecule has 0 aliphatic rings. The minimum atomic E-state index is -0.661. The predicted molar refractivity (Wildman–Crippen MR) is 69.3 cm³/mol. The van der Waals surface area contributed by atoms with E-state index in [4.69, 9.17) is 28.5 Å². The predicted octanol–water partition coefficient (Wildman–Crippen LogP) is 2.53. The zero-order valence-corrected chi connectivity index (χ0v) is 10.8. The smallest absolute Gasteiger partial charge is 0.265 e. The van der Waals surface area contributed by atoms with Crippen molar-refractivity contribution in [3.8, 4) is 6.07 Å². The van der Waals surface area contributed by atoms with Gasteiger partial charge in [0.05, 0.1) is 5.88 Å². The van der Waals surface area contributed by atoms with Crippen LogP contribution in [0.4, 0.5) is 0 Å². The second kappa shape index (κ2) is 6.90. The van der Waals surface area contributed by atoms with Crippen LogP contribution in [0.15, 0.2) is 35.6 Å². The van der Waals surface area contributed by atoms with E-state index in [9.17, 15) is 9.90 Å².